The minimum atomic E-state index is -0.514. The van der Waals surface area contributed by atoms with Crippen LogP contribution in [0.25, 0.3) is 0 Å². The number of fused-ring (bicyclic) bond motifs is 1. The van der Waals surface area contributed by atoms with Gasteiger partial charge in [0.1, 0.15) is 19.0 Å². The zero-order chi connectivity index (χ0) is 16.2. The molecule has 1 heterocycles. The highest BCUT2D eigenvalue weighted by Crippen LogP contribution is 2.29. The van der Waals surface area contributed by atoms with E-state index in [1.54, 1.807) is 0 Å². The maximum absolute atomic E-state index is 13.3. The van der Waals surface area contributed by atoms with Crippen LogP contribution in [0, 0.1) is 5.82 Å². The van der Waals surface area contributed by atoms with Crippen molar-refractivity contribution in [3.63, 3.8) is 0 Å². The van der Waals surface area contributed by atoms with E-state index in [1.807, 2.05) is 30.3 Å². The van der Waals surface area contributed by atoms with Crippen LogP contribution in [0.4, 0.5) is 15.8 Å². The van der Waals surface area contributed by atoms with Gasteiger partial charge in [0.05, 0.1) is 17.9 Å². The second-order valence-corrected chi connectivity index (χ2v) is 5.14. The van der Waals surface area contributed by atoms with Crippen molar-refractivity contribution in [3.05, 3.63) is 59.9 Å². The molecule has 1 aliphatic rings. The van der Waals surface area contributed by atoms with E-state index in [2.05, 4.69) is 5.32 Å². The van der Waals surface area contributed by atoms with Gasteiger partial charge in [-0.2, -0.15) is 0 Å². The van der Waals surface area contributed by atoms with Crippen molar-refractivity contribution < 1.29 is 18.7 Å². The largest absolute Gasteiger partial charge is 0.459 e. The third-order valence-electron chi connectivity index (χ3n) is 3.51. The van der Waals surface area contributed by atoms with Crippen molar-refractivity contribution in [1.82, 2.24) is 0 Å². The van der Waals surface area contributed by atoms with Gasteiger partial charge >= 0.3 is 5.97 Å². The molecule has 2 aromatic carbocycles. The number of nitrogens with zero attached hydrogens (tertiary/aromatic N) is 1. The molecule has 3 rings (SSSR count). The monoisotopic (exact) mass is 314 g/mol. The van der Waals surface area contributed by atoms with E-state index in [9.17, 15) is 14.0 Å². The number of ether oxygens (including phenoxy) is 1. The Morgan fingerprint density at radius 3 is 2.78 bits per heavy atom. The number of carbonyl (C=O) groups is 2. The summed E-state index contributed by atoms with van der Waals surface area (Å²) < 4.78 is 18.4. The van der Waals surface area contributed by atoms with Gasteiger partial charge in [-0.05, 0) is 23.8 Å². The molecule has 118 valence electrons. The minimum Gasteiger partial charge on any atom is -0.459 e. The highest BCUT2D eigenvalue weighted by molar-refractivity contribution is 6.05. The summed E-state index contributed by atoms with van der Waals surface area (Å²) in [6, 6.07) is 13.3. The van der Waals surface area contributed by atoms with E-state index in [0.29, 0.717) is 11.4 Å². The first-order valence-corrected chi connectivity index (χ1v) is 7.17. The van der Waals surface area contributed by atoms with E-state index < -0.39 is 11.8 Å². The first-order chi connectivity index (χ1) is 11.1. The number of benzene rings is 2. The van der Waals surface area contributed by atoms with Gasteiger partial charge in [-0.1, -0.05) is 30.3 Å². The molecule has 0 spiro atoms. The molecule has 0 fully saturated rings. The van der Waals surface area contributed by atoms with E-state index >= 15 is 0 Å². The predicted molar refractivity (Wildman–Crippen MR) is 83.5 cm³/mol. The second-order valence-electron chi connectivity index (χ2n) is 5.14. The highest BCUT2D eigenvalue weighted by atomic mass is 19.1. The summed E-state index contributed by atoms with van der Waals surface area (Å²) in [6.45, 7) is -0.0371. The molecule has 0 aliphatic carbocycles. The lowest BCUT2D eigenvalue weighted by atomic mass is 10.2. The van der Waals surface area contributed by atoms with Crippen molar-refractivity contribution in [2.75, 3.05) is 23.3 Å². The molecule has 0 bridgehead atoms. The molecule has 1 aliphatic heterocycles. The number of esters is 1. The Balaban J connectivity index is 1.67. The SMILES string of the molecule is O=C(CN1C(=O)CNc2cc(F)ccc21)OCc1ccccc1. The van der Waals surface area contributed by atoms with Crippen LogP contribution in [-0.4, -0.2) is 25.0 Å². The fourth-order valence-corrected chi connectivity index (χ4v) is 2.37. The summed E-state index contributed by atoms with van der Waals surface area (Å²) in [5.74, 6) is -1.18. The lowest BCUT2D eigenvalue weighted by molar-refractivity contribution is -0.144. The smallest absolute Gasteiger partial charge is 0.326 e. The molecule has 0 aromatic heterocycles. The maximum atomic E-state index is 13.3. The fraction of sp³-hybridized carbons (Fsp3) is 0.176. The van der Waals surface area contributed by atoms with E-state index in [1.165, 1.54) is 23.1 Å². The maximum Gasteiger partial charge on any atom is 0.326 e. The van der Waals surface area contributed by atoms with Gasteiger partial charge in [-0.25, -0.2) is 4.39 Å². The van der Waals surface area contributed by atoms with Gasteiger partial charge in [0.2, 0.25) is 5.91 Å². The fourth-order valence-electron chi connectivity index (χ4n) is 2.37. The highest BCUT2D eigenvalue weighted by Gasteiger charge is 2.26. The number of hydrogen-bond donors (Lipinski definition) is 1. The molecule has 23 heavy (non-hydrogen) atoms. The van der Waals surface area contributed by atoms with Crippen LogP contribution in [0.3, 0.4) is 0 Å². The Kier molecular flexibility index (Phi) is 4.23. The van der Waals surface area contributed by atoms with Crippen molar-refractivity contribution >= 4 is 23.3 Å². The van der Waals surface area contributed by atoms with Crippen LogP contribution in [-0.2, 0) is 20.9 Å². The number of hydrogen-bond acceptors (Lipinski definition) is 4. The first-order valence-electron chi connectivity index (χ1n) is 7.17. The van der Waals surface area contributed by atoms with Gasteiger partial charge in [-0.15, -0.1) is 0 Å². The Labute approximate surface area is 132 Å². The molecule has 1 N–H and O–H groups in total. The normalized spacial score (nSPS) is 13.3. The van der Waals surface area contributed by atoms with Gasteiger partial charge < -0.3 is 10.1 Å². The van der Waals surface area contributed by atoms with Gasteiger partial charge in [0.25, 0.3) is 0 Å². The molecule has 5 nitrogen and oxygen atoms in total. The van der Waals surface area contributed by atoms with Crippen LogP contribution < -0.4 is 10.2 Å². The summed E-state index contributed by atoms with van der Waals surface area (Å²) >= 11 is 0. The van der Waals surface area contributed by atoms with Crippen molar-refractivity contribution in [3.8, 4) is 0 Å². The zero-order valence-electron chi connectivity index (χ0n) is 12.3. The lowest BCUT2D eigenvalue weighted by Crippen LogP contribution is -2.43. The molecular formula is C17H15FN2O3. The number of anilines is 2. The zero-order valence-corrected chi connectivity index (χ0v) is 12.3. The Hall–Kier alpha value is -2.89. The molecule has 2 aromatic rings. The molecule has 1 amide bonds. The molecule has 0 radical (unpaired) electrons. The average molecular weight is 314 g/mol. The predicted octanol–water partition coefficient (Wildman–Crippen LogP) is 2.33. The summed E-state index contributed by atoms with van der Waals surface area (Å²) in [6.07, 6.45) is 0. The van der Waals surface area contributed by atoms with Crippen LogP contribution in [0.2, 0.25) is 0 Å². The summed E-state index contributed by atoms with van der Waals surface area (Å²) in [7, 11) is 0. The molecule has 0 atom stereocenters. The number of amides is 1. The second kappa shape index (κ2) is 6.48. The van der Waals surface area contributed by atoms with Gasteiger partial charge in [-0.3, -0.25) is 14.5 Å². The quantitative estimate of drug-likeness (QED) is 0.880. The van der Waals surface area contributed by atoms with Gasteiger partial charge in [0.15, 0.2) is 0 Å². The standard InChI is InChI=1S/C17H15FN2O3/c18-13-6-7-15-14(8-13)19-9-16(21)20(15)10-17(22)23-11-12-4-2-1-3-5-12/h1-8,19H,9-11H2. The molecule has 0 saturated carbocycles. The topological polar surface area (TPSA) is 58.6 Å². The number of nitrogens with one attached hydrogen (secondary N) is 1. The number of halogens is 1. The molecule has 0 unspecified atom stereocenters. The Morgan fingerprint density at radius 1 is 1.22 bits per heavy atom. The van der Waals surface area contributed by atoms with Crippen LogP contribution >= 0.6 is 0 Å². The van der Waals surface area contributed by atoms with Gasteiger partial charge in [0, 0.05) is 0 Å². The minimum absolute atomic E-state index is 0.0163. The van der Waals surface area contributed by atoms with Crippen molar-refractivity contribution in [1.29, 1.82) is 0 Å². The third-order valence-corrected chi connectivity index (χ3v) is 3.51. The Bertz CT molecular complexity index is 734. The molecule has 6 heteroatoms. The van der Waals surface area contributed by atoms with E-state index in [-0.39, 0.29) is 25.6 Å². The summed E-state index contributed by atoms with van der Waals surface area (Å²) in [4.78, 5) is 25.3. The van der Waals surface area contributed by atoms with Crippen LogP contribution in [0.1, 0.15) is 5.56 Å². The molecular weight excluding hydrogens is 299 g/mol. The van der Waals surface area contributed by atoms with E-state index in [0.717, 1.165) is 5.56 Å². The lowest BCUT2D eigenvalue weighted by Gasteiger charge is -2.29. The summed E-state index contributed by atoms with van der Waals surface area (Å²) in [5.41, 5.74) is 1.83. The number of rotatable bonds is 4. The van der Waals surface area contributed by atoms with E-state index in [4.69, 9.17) is 4.74 Å². The van der Waals surface area contributed by atoms with Crippen LogP contribution in [0.5, 0.6) is 0 Å². The molecule has 0 saturated heterocycles. The Morgan fingerprint density at radius 2 is 2.00 bits per heavy atom. The van der Waals surface area contributed by atoms with Crippen LogP contribution in [0.15, 0.2) is 48.5 Å². The first kappa shape index (κ1) is 15.0. The summed E-state index contributed by atoms with van der Waals surface area (Å²) in [5, 5.41) is 2.83. The number of carbonyl (C=O) groups excluding carboxylic acids is 2. The van der Waals surface area contributed by atoms with Crippen molar-refractivity contribution in [2.45, 2.75) is 6.61 Å². The average Bonchev–Trinajstić information content (AvgIpc) is 2.56. The third kappa shape index (κ3) is 3.48. The van der Waals surface area contributed by atoms with Crippen molar-refractivity contribution in [2.24, 2.45) is 0 Å².